The highest BCUT2D eigenvalue weighted by Gasteiger charge is 2.23. The number of anilines is 1. The Morgan fingerprint density at radius 1 is 1.33 bits per heavy atom. The molecule has 1 aliphatic heterocycles. The Balaban J connectivity index is 2.01. The fourth-order valence-electron chi connectivity index (χ4n) is 3.04. The summed E-state index contributed by atoms with van der Waals surface area (Å²) in [6.07, 6.45) is 9.76. The van der Waals surface area contributed by atoms with Gasteiger partial charge in [-0.3, -0.25) is 4.90 Å². The van der Waals surface area contributed by atoms with Gasteiger partial charge in [-0.05, 0) is 57.3 Å². The quantitative estimate of drug-likeness (QED) is 0.794. The molecule has 0 unspecified atom stereocenters. The monoisotopic (exact) mass is 289 g/mol. The van der Waals surface area contributed by atoms with Crippen LogP contribution in [-0.4, -0.2) is 29.0 Å². The van der Waals surface area contributed by atoms with Crippen LogP contribution in [0.2, 0.25) is 0 Å². The SMILES string of the molecule is CCCCN1CCCC[C@H]1c1ccc(N[C@H](C)CC)nc1. The topological polar surface area (TPSA) is 28.2 Å². The van der Waals surface area contributed by atoms with E-state index < -0.39 is 0 Å². The number of unbranched alkanes of at least 4 members (excludes halogenated alkanes) is 1. The lowest BCUT2D eigenvalue weighted by atomic mass is 9.96. The zero-order valence-corrected chi connectivity index (χ0v) is 13.9. The van der Waals surface area contributed by atoms with E-state index in [4.69, 9.17) is 0 Å². The van der Waals surface area contributed by atoms with Gasteiger partial charge in [-0.2, -0.15) is 0 Å². The second kappa shape index (κ2) is 8.38. The van der Waals surface area contributed by atoms with Gasteiger partial charge in [0.25, 0.3) is 0 Å². The Morgan fingerprint density at radius 2 is 2.19 bits per heavy atom. The number of pyridine rings is 1. The van der Waals surface area contributed by atoms with Crippen molar-refractivity contribution in [3.05, 3.63) is 23.9 Å². The second-order valence-electron chi connectivity index (χ2n) is 6.33. The van der Waals surface area contributed by atoms with Crippen LogP contribution in [0, 0.1) is 0 Å². The molecule has 3 nitrogen and oxygen atoms in total. The van der Waals surface area contributed by atoms with Crippen molar-refractivity contribution >= 4 is 5.82 Å². The molecular weight excluding hydrogens is 258 g/mol. The summed E-state index contributed by atoms with van der Waals surface area (Å²) in [4.78, 5) is 7.28. The Kier molecular flexibility index (Phi) is 6.50. The fraction of sp³-hybridized carbons (Fsp3) is 0.722. The molecule has 0 spiro atoms. The van der Waals surface area contributed by atoms with Crippen molar-refractivity contribution in [1.29, 1.82) is 0 Å². The Morgan fingerprint density at radius 3 is 2.86 bits per heavy atom. The third-order valence-electron chi connectivity index (χ3n) is 4.59. The van der Waals surface area contributed by atoms with E-state index in [-0.39, 0.29) is 0 Å². The maximum atomic E-state index is 4.62. The van der Waals surface area contributed by atoms with Gasteiger partial charge < -0.3 is 5.32 Å². The second-order valence-corrected chi connectivity index (χ2v) is 6.33. The molecule has 2 atom stereocenters. The first-order valence-corrected chi connectivity index (χ1v) is 8.71. The van der Waals surface area contributed by atoms with E-state index in [9.17, 15) is 0 Å². The number of hydrogen-bond donors (Lipinski definition) is 1. The zero-order chi connectivity index (χ0) is 15.1. The van der Waals surface area contributed by atoms with Gasteiger partial charge >= 0.3 is 0 Å². The summed E-state index contributed by atoms with van der Waals surface area (Å²) in [5, 5.41) is 3.44. The minimum Gasteiger partial charge on any atom is -0.368 e. The molecule has 0 radical (unpaired) electrons. The van der Waals surface area contributed by atoms with Crippen molar-refractivity contribution in [2.45, 2.75) is 71.4 Å². The van der Waals surface area contributed by atoms with Crippen LogP contribution in [0.5, 0.6) is 0 Å². The van der Waals surface area contributed by atoms with Gasteiger partial charge in [0.1, 0.15) is 5.82 Å². The number of nitrogens with zero attached hydrogens (tertiary/aromatic N) is 2. The van der Waals surface area contributed by atoms with Gasteiger partial charge in [0.2, 0.25) is 0 Å². The van der Waals surface area contributed by atoms with Crippen LogP contribution >= 0.6 is 0 Å². The van der Waals surface area contributed by atoms with Gasteiger partial charge in [-0.25, -0.2) is 4.98 Å². The highest BCUT2D eigenvalue weighted by molar-refractivity contribution is 5.37. The normalized spacial score (nSPS) is 21.2. The molecule has 1 saturated heterocycles. The van der Waals surface area contributed by atoms with Crippen LogP contribution in [0.3, 0.4) is 0 Å². The summed E-state index contributed by atoms with van der Waals surface area (Å²) in [6, 6.07) is 5.48. The van der Waals surface area contributed by atoms with Crippen molar-refractivity contribution in [3.8, 4) is 0 Å². The number of piperidine rings is 1. The molecule has 1 N–H and O–H groups in total. The van der Waals surface area contributed by atoms with E-state index in [1.54, 1.807) is 0 Å². The van der Waals surface area contributed by atoms with E-state index in [0.717, 1.165) is 12.2 Å². The van der Waals surface area contributed by atoms with Crippen LogP contribution in [0.1, 0.15) is 70.9 Å². The van der Waals surface area contributed by atoms with Crippen molar-refractivity contribution in [3.63, 3.8) is 0 Å². The minimum atomic E-state index is 0.485. The molecule has 0 amide bonds. The molecule has 0 aromatic carbocycles. The number of likely N-dealkylation sites (tertiary alicyclic amines) is 1. The van der Waals surface area contributed by atoms with Crippen molar-refractivity contribution in [1.82, 2.24) is 9.88 Å². The standard InChI is InChI=1S/C18H31N3/c1-4-6-12-21-13-8-7-9-17(21)16-10-11-18(19-14-16)20-15(3)5-2/h10-11,14-15,17H,4-9,12-13H2,1-3H3,(H,19,20)/t15-,17+/m1/s1. The van der Waals surface area contributed by atoms with E-state index in [1.807, 2.05) is 0 Å². The number of hydrogen-bond acceptors (Lipinski definition) is 3. The molecule has 0 saturated carbocycles. The van der Waals surface area contributed by atoms with Crippen molar-refractivity contribution < 1.29 is 0 Å². The largest absolute Gasteiger partial charge is 0.368 e. The predicted molar refractivity (Wildman–Crippen MR) is 90.7 cm³/mol. The van der Waals surface area contributed by atoms with Crippen LogP contribution < -0.4 is 5.32 Å². The van der Waals surface area contributed by atoms with E-state index in [0.29, 0.717) is 12.1 Å². The summed E-state index contributed by atoms with van der Waals surface area (Å²) in [6.45, 7) is 9.14. The summed E-state index contributed by atoms with van der Waals surface area (Å²) < 4.78 is 0. The minimum absolute atomic E-state index is 0.485. The third kappa shape index (κ3) is 4.70. The first kappa shape index (κ1) is 16.3. The lowest BCUT2D eigenvalue weighted by molar-refractivity contribution is 0.146. The van der Waals surface area contributed by atoms with Gasteiger partial charge in [-0.1, -0.05) is 32.8 Å². The summed E-state index contributed by atoms with van der Waals surface area (Å²) in [5.41, 5.74) is 1.39. The maximum absolute atomic E-state index is 4.62. The molecule has 118 valence electrons. The lowest BCUT2D eigenvalue weighted by Gasteiger charge is -2.36. The summed E-state index contributed by atoms with van der Waals surface area (Å²) in [5.74, 6) is 1.00. The van der Waals surface area contributed by atoms with Crippen molar-refractivity contribution in [2.75, 3.05) is 18.4 Å². The number of rotatable bonds is 7. The molecule has 1 aromatic rings. The van der Waals surface area contributed by atoms with Crippen LogP contribution in [0.15, 0.2) is 18.3 Å². The van der Waals surface area contributed by atoms with Gasteiger partial charge in [0, 0.05) is 18.3 Å². The fourth-order valence-corrected chi connectivity index (χ4v) is 3.04. The zero-order valence-electron chi connectivity index (χ0n) is 13.9. The molecule has 1 fully saturated rings. The van der Waals surface area contributed by atoms with Crippen LogP contribution in [0.25, 0.3) is 0 Å². The highest BCUT2D eigenvalue weighted by Crippen LogP contribution is 2.31. The summed E-state index contributed by atoms with van der Waals surface area (Å²) in [7, 11) is 0. The van der Waals surface area contributed by atoms with E-state index in [1.165, 1.54) is 50.8 Å². The average Bonchev–Trinajstić information content (AvgIpc) is 2.54. The van der Waals surface area contributed by atoms with Crippen molar-refractivity contribution in [2.24, 2.45) is 0 Å². The van der Waals surface area contributed by atoms with Crippen LogP contribution in [-0.2, 0) is 0 Å². The van der Waals surface area contributed by atoms with Gasteiger partial charge in [0.15, 0.2) is 0 Å². The Bertz CT molecular complexity index is 401. The lowest BCUT2D eigenvalue weighted by Crippen LogP contribution is -2.34. The molecule has 0 bridgehead atoms. The molecular formula is C18H31N3. The molecule has 2 heterocycles. The summed E-state index contributed by atoms with van der Waals surface area (Å²) >= 11 is 0. The molecule has 2 rings (SSSR count). The smallest absolute Gasteiger partial charge is 0.126 e. The molecule has 1 aliphatic rings. The Labute approximate surface area is 130 Å². The van der Waals surface area contributed by atoms with E-state index in [2.05, 4.69) is 54.3 Å². The highest BCUT2D eigenvalue weighted by atomic mass is 15.2. The Hall–Kier alpha value is -1.09. The molecule has 1 aromatic heterocycles. The molecule has 21 heavy (non-hydrogen) atoms. The molecule has 0 aliphatic carbocycles. The van der Waals surface area contributed by atoms with Gasteiger partial charge in [-0.15, -0.1) is 0 Å². The first-order valence-electron chi connectivity index (χ1n) is 8.71. The number of aromatic nitrogens is 1. The van der Waals surface area contributed by atoms with E-state index >= 15 is 0 Å². The molecule has 3 heteroatoms. The number of nitrogens with one attached hydrogen (secondary N) is 1. The average molecular weight is 289 g/mol. The maximum Gasteiger partial charge on any atom is 0.126 e. The predicted octanol–water partition coefficient (Wildman–Crippen LogP) is 4.62. The first-order chi connectivity index (χ1) is 10.2. The van der Waals surface area contributed by atoms with Crippen LogP contribution in [0.4, 0.5) is 5.82 Å². The van der Waals surface area contributed by atoms with Gasteiger partial charge in [0.05, 0.1) is 0 Å². The third-order valence-corrected chi connectivity index (χ3v) is 4.59.